The molecule has 0 saturated heterocycles. The number of nitrogens with one attached hydrogen (secondary N) is 1. The van der Waals surface area contributed by atoms with Crippen LogP contribution in [0.5, 0.6) is 0 Å². The van der Waals surface area contributed by atoms with Crippen LogP contribution in [0.1, 0.15) is 22.8 Å². The fourth-order valence-electron chi connectivity index (χ4n) is 1.22. The van der Waals surface area contributed by atoms with E-state index in [2.05, 4.69) is 14.7 Å². The van der Waals surface area contributed by atoms with Crippen molar-refractivity contribution in [2.75, 3.05) is 5.32 Å². The van der Waals surface area contributed by atoms with Gasteiger partial charge in [-0.1, -0.05) is 0 Å². The van der Waals surface area contributed by atoms with Crippen molar-refractivity contribution in [1.82, 2.24) is 4.98 Å². The molecule has 1 heterocycles. The van der Waals surface area contributed by atoms with Gasteiger partial charge in [-0.2, -0.15) is 8.78 Å². The molecule has 0 aliphatic heterocycles. The molecule has 7 heteroatoms. The van der Waals surface area contributed by atoms with Crippen LogP contribution in [0.25, 0.3) is 0 Å². The molecule has 1 aromatic heterocycles. The molecule has 18 heavy (non-hydrogen) atoms. The van der Waals surface area contributed by atoms with Gasteiger partial charge in [-0.05, 0) is 24.3 Å². The van der Waals surface area contributed by atoms with E-state index in [1.165, 1.54) is 12.1 Å². The number of benzene rings is 1. The van der Waals surface area contributed by atoms with Crippen LogP contribution in [-0.2, 0) is 0 Å². The van der Waals surface area contributed by atoms with E-state index in [1.54, 1.807) is 0 Å². The zero-order chi connectivity index (χ0) is 13.1. The van der Waals surface area contributed by atoms with Gasteiger partial charge in [0.05, 0.1) is 0 Å². The van der Waals surface area contributed by atoms with Crippen LogP contribution >= 0.6 is 0 Å². The molecule has 0 bridgehead atoms. The van der Waals surface area contributed by atoms with Crippen molar-refractivity contribution in [1.29, 1.82) is 0 Å². The average molecular weight is 256 g/mol. The smallest absolute Gasteiger partial charge is 0.313 e. The lowest BCUT2D eigenvalue weighted by atomic mass is 10.3. The van der Waals surface area contributed by atoms with Crippen LogP contribution in [-0.4, -0.2) is 10.9 Å². The Morgan fingerprint density at radius 3 is 2.50 bits per heavy atom. The first-order valence-electron chi connectivity index (χ1n) is 4.87. The minimum absolute atomic E-state index is 0.269. The summed E-state index contributed by atoms with van der Waals surface area (Å²) in [5.74, 6) is -1.98. The second-order valence-corrected chi connectivity index (χ2v) is 3.33. The minimum Gasteiger partial charge on any atom is -0.443 e. The highest BCUT2D eigenvalue weighted by atomic mass is 19.3. The van der Waals surface area contributed by atoms with Gasteiger partial charge >= 0.3 is 6.43 Å². The molecule has 0 fully saturated rings. The van der Waals surface area contributed by atoms with Gasteiger partial charge in [0.15, 0.2) is 5.69 Å². The van der Waals surface area contributed by atoms with Crippen LogP contribution in [0.3, 0.4) is 0 Å². The zero-order valence-corrected chi connectivity index (χ0v) is 8.86. The lowest BCUT2D eigenvalue weighted by molar-refractivity contribution is 0.102. The third kappa shape index (κ3) is 2.68. The van der Waals surface area contributed by atoms with Crippen LogP contribution < -0.4 is 5.32 Å². The van der Waals surface area contributed by atoms with Gasteiger partial charge in [-0.15, -0.1) is 0 Å². The number of amides is 1. The molecule has 94 valence electrons. The van der Waals surface area contributed by atoms with Gasteiger partial charge < -0.3 is 9.73 Å². The van der Waals surface area contributed by atoms with E-state index in [4.69, 9.17) is 0 Å². The number of alkyl halides is 2. The second-order valence-electron chi connectivity index (χ2n) is 3.33. The number of carbonyl (C=O) groups is 1. The molecule has 0 aliphatic rings. The van der Waals surface area contributed by atoms with E-state index >= 15 is 0 Å². The SMILES string of the molecule is O=C(Nc1ccc(F)cc1)c1coc(C(F)F)n1. The lowest BCUT2D eigenvalue weighted by Crippen LogP contribution is -2.12. The van der Waals surface area contributed by atoms with Gasteiger partial charge in [0.2, 0.25) is 0 Å². The fraction of sp³-hybridized carbons (Fsp3) is 0.0909. The summed E-state index contributed by atoms with van der Waals surface area (Å²) in [7, 11) is 0. The molecule has 0 saturated carbocycles. The third-order valence-electron chi connectivity index (χ3n) is 2.04. The summed E-state index contributed by atoms with van der Waals surface area (Å²) in [4.78, 5) is 14.9. The van der Waals surface area contributed by atoms with E-state index in [-0.39, 0.29) is 5.69 Å². The summed E-state index contributed by atoms with van der Waals surface area (Å²) >= 11 is 0. The first kappa shape index (κ1) is 12.2. The van der Waals surface area contributed by atoms with Crippen molar-refractivity contribution in [3.05, 3.63) is 47.9 Å². The van der Waals surface area contributed by atoms with Crippen LogP contribution in [0, 0.1) is 5.82 Å². The predicted octanol–water partition coefficient (Wildman–Crippen LogP) is 3.00. The summed E-state index contributed by atoms with van der Waals surface area (Å²) in [6.07, 6.45) is -2.04. The number of hydrogen-bond acceptors (Lipinski definition) is 3. The summed E-state index contributed by atoms with van der Waals surface area (Å²) in [5.41, 5.74) is 0.0534. The molecule has 1 aromatic carbocycles. The quantitative estimate of drug-likeness (QED) is 0.918. The summed E-state index contributed by atoms with van der Waals surface area (Å²) in [6.45, 7) is 0. The van der Waals surface area contributed by atoms with Crippen molar-refractivity contribution in [2.45, 2.75) is 6.43 Å². The molecular formula is C11H7F3N2O2. The number of anilines is 1. The Hall–Kier alpha value is -2.31. The van der Waals surface area contributed by atoms with Crippen molar-refractivity contribution in [2.24, 2.45) is 0 Å². The maximum Gasteiger partial charge on any atom is 0.313 e. The molecule has 0 aliphatic carbocycles. The van der Waals surface area contributed by atoms with E-state index in [9.17, 15) is 18.0 Å². The van der Waals surface area contributed by atoms with Crippen LogP contribution in [0.2, 0.25) is 0 Å². The first-order valence-corrected chi connectivity index (χ1v) is 4.87. The maximum atomic E-state index is 12.6. The number of aromatic nitrogens is 1. The molecular weight excluding hydrogens is 249 g/mol. The highest BCUT2D eigenvalue weighted by Crippen LogP contribution is 2.18. The standard InChI is InChI=1S/C11H7F3N2O2/c12-6-1-3-7(4-2-6)15-10(17)8-5-18-11(16-8)9(13)14/h1-5,9H,(H,15,17). The van der Waals surface area contributed by atoms with Gasteiger partial charge in [-0.3, -0.25) is 4.79 Å². The topological polar surface area (TPSA) is 55.1 Å². The first-order chi connectivity index (χ1) is 8.56. The number of nitrogens with zero attached hydrogens (tertiary/aromatic N) is 1. The summed E-state index contributed by atoms with van der Waals surface area (Å²) in [5, 5.41) is 2.36. The largest absolute Gasteiger partial charge is 0.443 e. The zero-order valence-electron chi connectivity index (χ0n) is 8.86. The molecule has 0 radical (unpaired) electrons. The normalized spacial score (nSPS) is 10.7. The molecule has 0 spiro atoms. The molecule has 1 N–H and O–H groups in total. The predicted molar refractivity (Wildman–Crippen MR) is 55.8 cm³/mol. The van der Waals surface area contributed by atoms with Gasteiger partial charge in [0.25, 0.3) is 11.8 Å². The Morgan fingerprint density at radius 1 is 1.28 bits per heavy atom. The Balaban J connectivity index is 2.09. The number of halogens is 3. The highest BCUT2D eigenvalue weighted by Gasteiger charge is 2.18. The molecule has 0 unspecified atom stereocenters. The van der Waals surface area contributed by atoms with E-state index in [0.29, 0.717) is 5.69 Å². The van der Waals surface area contributed by atoms with E-state index < -0.39 is 24.0 Å². The van der Waals surface area contributed by atoms with Crippen molar-refractivity contribution in [3.63, 3.8) is 0 Å². The van der Waals surface area contributed by atoms with Gasteiger partial charge in [0, 0.05) is 5.69 Å². The Morgan fingerprint density at radius 2 is 1.94 bits per heavy atom. The van der Waals surface area contributed by atoms with Crippen LogP contribution in [0.4, 0.5) is 18.9 Å². The Kier molecular flexibility index (Phi) is 3.31. The summed E-state index contributed by atoms with van der Waals surface area (Å²) in [6, 6.07) is 4.98. The Bertz CT molecular complexity index is 552. The molecule has 2 aromatic rings. The van der Waals surface area contributed by atoms with Gasteiger partial charge in [0.1, 0.15) is 12.1 Å². The molecule has 0 atom stereocenters. The molecule has 1 amide bonds. The molecule has 2 rings (SSSR count). The lowest BCUT2D eigenvalue weighted by Gasteiger charge is -2.01. The maximum absolute atomic E-state index is 12.6. The minimum atomic E-state index is -2.88. The van der Waals surface area contributed by atoms with Crippen molar-refractivity contribution < 1.29 is 22.4 Å². The molecule has 4 nitrogen and oxygen atoms in total. The monoisotopic (exact) mass is 256 g/mol. The fourth-order valence-corrected chi connectivity index (χ4v) is 1.22. The van der Waals surface area contributed by atoms with Crippen molar-refractivity contribution >= 4 is 11.6 Å². The average Bonchev–Trinajstić information content (AvgIpc) is 2.81. The van der Waals surface area contributed by atoms with Gasteiger partial charge in [-0.25, -0.2) is 9.37 Å². The summed E-state index contributed by atoms with van der Waals surface area (Å²) < 4.78 is 41.4. The highest BCUT2D eigenvalue weighted by molar-refractivity contribution is 6.02. The van der Waals surface area contributed by atoms with E-state index in [0.717, 1.165) is 18.4 Å². The number of carbonyl (C=O) groups excluding carboxylic acids is 1. The third-order valence-corrected chi connectivity index (χ3v) is 2.04. The second kappa shape index (κ2) is 4.91. The Labute approximate surface area is 99.4 Å². The van der Waals surface area contributed by atoms with E-state index in [1.807, 2.05) is 0 Å². The van der Waals surface area contributed by atoms with Crippen LogP contribution in [0.15, 0.2) is 34.9 Å². The number of hydrogen-bond donors (Lipinski definition) is 1. The number of rotatable bonds is 3. The van der Waals surface area contributed by atoms with Crippen molar-refractivity contribution in [3.8, 4) is 0 Å². The number of oxazole rings is 1.